The zero-order valence-electron chi connectivity index (χ0n) is 17.0. The maximum absolute atomic E-state index is 12.9. The molecule has 1 saturated heterocycles. The van der Waals surface area contributed by atoms with Crippen molar-refractivity contribution in [3.05, 3.63) is 47.3 Å². The average Bonchev–Trinajstić information content (AvgIpc) is 3.29. The van der Waals surface area contributed by atoms with E-state index in [1.807, 2.05) is 12.1 Å². The highest BCUT2D eigenvalue weighted by atomic mass is 32.2. The van der Waals surface area contributed by atoms with Crippen LogP contribution in [0.5, 0.6) is 5.75 Å². The molecule has 0 unspecified atom stereocenters. The Morgan fingerprint density at radius 2 is 1.90 bits per heavy atom. The van der Waals surface area contributed by atoms with Gasteiger partial charge in [-0.1, -0.05) is 24.6 Å². The summed E-state index contributed by atoms with van der Waals surface area (Å²) in [6.45, 7) is 0.710. The van der Waals surface area contributed by atoms with Crippen molar-refractivity contribution in [1.29, 1.82) is 0 Å². The monoisotopic (exact) mass is 472 g/mol. The molecule has 10 heteroatoms. The number of hydrogen-bond acceptors (Lipinski definition) is 6. The van der Waals surface area contributed by atoms with Gasteiger partial charge in [0, 0.05) is 19.1 Å². The molecular formula is C20H28N2O5S3. The molecule has 2 heterocycles. The molecule has 30 heavy (non-hydrogen) atoms. The van der Waals surface area contributed by atoms with Crippen LogP contribution in [0, 0.1) is 0 Å². The molecule has 1 fully saturated rings. The summed E-state index contributed by atoms with van der Waals surface area (Å²) in [6.07, 6.45) is 3.40. The highest BCUT2D eigenvalue weighted by Crippen LogP contribution is 2.29. The first-order valence-corrected chi connectivity index (χ1v) is 13.9. The second kappa shape index (κ2) is 10.2. The van der Waals surface area contributed by atoms with E-state index in [2.05, 4.69) is 4.72 Å². The Morgan fingerprint density at radius 1 is 1.13 bits per heavy atom. The van der Waals surface area contributed by atoms with Crippen molar-refractivity contribution >= 4 is 31.4 Å². The highest BCUT2D eigenvalue weighted by molar-refractivity contribution is 7.91. The van der Waals surface area contributed by atoms with E-state index in [-0.39, 0.29) is 18.3 Å². The Kier molecular flexibility index (Phi) is 7.92. The minimum absolute atomic E-state index is 0.0127. The first-order valence-electron chi connectivity index (χ1n) is 9.97. The number of rotatable bonds is 10. The molecule has 0 aliphatic carbocycles. The molecule has 1 aromatic carbocycles. The van der Waals surface area contributed by atoms with Crippen LogP contribution < -0.4 is 9.46 Å². The largest absolute Gasteiger partial charge is 0.497 e. The molecule has 1 N–H and O–H groups in total. The smallest absolute Gasteiger partial charge is 0.252 e. The minimum Gasteiger partial charge on any atom is -0.497 e. The van der Waals surface area contributed by atoms with Crippen molar-refractivity contribution < 1.29 is 21.6 Å². The van der Waals surface area contributed by atoms with Crippen LogP contribution in [0.4, 0.5) is 0 Å². The van der Waals surface area contributed by atoms with Crippen LogP contribution in [0.15, 0.2) is 46.0 Å². The number of aryl methyl sites for hydroxylation is 1. The number of nitrogens with one attached hydrogen (secondary N) is 1. The van der Waals surface area contributed by atoms with Gasteiger partial charge in [-0.2, -0.15) is 4.31 Å². The van der Waals surface area contributed by atoms with Gasteiger partial charge in [0.1, 0.15) is 9.96 Å². The van der Waals surface area contributed by atoms with E-state index in [9.17, 15) is 16.8 Å². The van der Waals surface area contributed by atoms with Crippen LogP contribution in [0.2, 0.25) is 0 Å². The Bertz CT molecular complexity index is 1000. The van der Waals surface area contributed by atoms with Crippen molar-refractivity contribution in [3.63, 3.8) is 0 Å². The lowest BCUT2D eigenvalue weighted by atomic mass is 10.0. The molecule has 2 aromatic rings. The Hall–Kier alpha value is -1.46. The van der Waals surface area contributed by atoms with Gasteiger partial charge in [-0.3, -0.25) is 0 Å². The summed E-state index contributed by atoms with van der Waals surface area (Å²) in [4.78, 5) is 0. The fourth-order valence-corrected chi connectivity index (χ4v) is 7.52. The second-order valence-corrected chi connectivity index (χ2v) is 12.3. The van der Waals surface area contributed by atoms with Crippen molar-refractivity contribution in [3.8, 4) is 5.75 Å². The van der Waals surface area contributed by atoms with Crippen molar-refractivity contribution in [2.75, 3.05) is 26.0 Å². The standard InChI is InChI=1S/C20H28N2O5S3/c1-27-19-9-7-17(8-10-19)12-16-29(23,24)21-13-11-18-5-2-3-14-22(18)30(25,26)20-6-4-15-28-20/h4,6-10,15,18,21H,2-3,5,11-14,16H2,1H3/t18-/m1/s1. The first kappa shape index (κ1) is 23.2. The number of hydrogen-bond donors (Lipinski definition) is 1. The highest BCUT2D eigenvalue weighted by Gasteiger charge is 2.33. The van der Waals surface area contributed by atoms with Crippen LogP contribution >= 0.6 is 11.3 Å². The molecule has 0 spiro atoms. The zero-order valence-corrected chi connectivity index (χ0v) is 19.4. The summed E-state index contributed by atoms with van der Waals surface area (Å²) in [7, 11) is -5.38. The summed E-state index contributed by atoms with van der Waals surface area (Å²) in [5.41, 5.74) is 0.918. The van der Waals surface area contributed by atoms with Gasteiger partial charge in [-0.05, 0) is 54.8 Å². The van der Waals surface area contributed by atoms with Crippen LogP contribution in [0.3, 0.4) is 0 Å². The van der Waals surface area contributed by atoms with Gasteiger partial charge in [0.25, 0.3) is 10.0 Å². The van der Waals surface area contributed by atoms with Gasteiger partial charge < -0.3 is 4.74 Å². The fraction of sp³-hybridized carbons (Fsp3) is 0.500. The topological polar surface area (TPSA) is 92.8 Å². The maximum atomic E-state index is 12.9. The van der Waals surface area contributed by atoms with Gasteiger partial charge in [0.05, 0.1) is 12.9 Å². The van der Waals surface area contributed by atoms with E-state index < -0.39 is 20.0 Å². The van der Waals surface area contributed by atoms with Gasteiger partial charge in [0.2, 0.25) is 10.0 Å². The first-order chi connectivity index (χ1) is 14.3. The predicted molar refractivity (Wildman–Crippen MR) is 119 cm³/mol. The van der Waals surface area contributed by atoms with Crippen LogP contribution in [-0.4, -0.2) is 53.1 Å². The van der Waals surface area contributed by atoms with E-state index in [0.717, 1.165) is 30.6 Å². The van der Waals surface area contributed by atoms with E-state index >= 15 is 0 Å². The second-order valence-electron chi connectivity index (χ2n) is 7.30. The number of methoxy groups -OCH3 is 1. The van der Waals surface area contributed by atoms with Gasteiger partial charge >= 0.3 is 0 Å². The number of piperidine rings is 1. The average molecular weight is 473 g/mol. The number of ether oxygens (including phenoxy) is 1. The lowest BCUT2D eigenvalue weighted by molar-refractivity contribution is 0.242. The number of nitrogens with zero attached hydrogens (tertiary/aromatic N) is 1. The van der Waals surface area contributed by atoms with Gasteiger partial charge in [0.15, 0.2) is 0 Å². The van der Waals surface area contributed by atoms with Crippen molar-refractivity contribution in [2.45, 2.75) is 42.4 Å². The lowest BCUT2D eigenvalue weighted by Gasteiger charge is -2.34. The normalized spacial score (nSPS) is 18.4. The van der Waals surface area contributed by atoms with E-state index in [0.29, 0.717) is 23.6 Å². The Labute approximate surface area is 183 Å². The molecule has 1 aromatic heterocycles. The molecule has 0 bridgehead atoms. The third-order valence-corrected chi connectivity index (χ3v) is 9.96. The third kappa shape index (κ3) is 6.04. The summed E-state index contributed by atoms with van der Waals surface area (Å²) in [5.74, 6) is 0.718. The molecule has 3 rings (SSSR count). The van der Waals surface area contributed by atoms with E-state index in [1.165, 1.54) is 11.3 Å². The minimum atomic E-state index is -3.52. The quantitative estimate of drug-likeness (QED) is 0.574. The fourth-order valence-electron chi connectivity index (χ4n) is 3.60. The van der Waals surface area contributed by atoms with Gasteiger partial charge in [-0.25, -0.2) is 21.6 Å². The number of sulfonamides is 2. The summed E-state index contributed by atoms with van der Waals surface area (Å²) in [5, 5.41) is 1.75. The van der Waals surface area contributed by atoms with Crippen LogP contribution in [0.25, 0.3) is 0 Å². The molecule has 0 amide bonds. The molecule has 0 radical (unpaired) electrons. The number of benzene rings is 1. The molecule has 1 aliphatic rings. The molecule has 7 nitrogen and oxygen atoms in total. The number of thiophene rings is 1. The summed E-state index contributed by atoms with van der Waals surface area (Å²) in [6, 6.07) is 10.5. The van der Waals surface area contributed by atoms with E-state index in [4.69, 9.17) is 4.74 Å². The maximum Gasteiger partial charge on any atom is 0.252 e. The van der Waals surface area contributed by atoms with E-state index in [1.54, 1.807) is 41.1 Å². The lowest BCUT2D eigenvalue weighted by Crippen LogP contribution is -2.45. The van der Waals surface area contributed by atoms with Crippen molar-refractivity contribution in [1.82, 2.24) is 9.03 Å². The Balaban J connectivity index is 1.53. The molecule has 166 valence electrons. The third-order valence-electron chi connectivity index (χ3n) is 5.25. The molecule has 0 saturated carbocycles. The van der Waals surface area contributed by atoms with Crippen LogP contribution in [-0.2, 0) is 26.5 Å². The molecular weight excluding hydrogens is 444 g/mol. The molecule has 1 aliphatic heterocycles. The predicted octanol–water partition coefficient (Wildman–Crippen LogP) is 2.85. The SMILES string of the molecule is COc1ccc(CCS(=O)(=O)NCC[C@H]2CCCCN2S(=O)(=O)c2cccs2)cc1. The van der Waals surface area contributed by atoms with Gasteiger partial charge in [-0.15, -0.1) is 11.3 Å². The summed E-state index contributed by atoms with van der Waals surface area (Å²) >= 11 is 1.21. The van der Waals surface area contributed by atoms with Crippen molar-refractivity contribution in [2.24, 2.45) is 0 Å². The summed E-state index contributed by atoms with van der Waals surface area (Å²) < 4.78 is 60.2. The zero-order chi connectivity index (χ0) is 21.6. The van der Waals surface area contributed by atoms with Crippen LogP contribution in [0.1, 0.15) is 31.2 Å². The Morgan fingerprint density at radius 3 is 2.57 bits per heavy atom. The molecule has 1 atom stereocenters.